The molecular formula is C16H27N3O2. The highest BCUT2D eigenvalue weighted by Crippen LogP contribution is 2.45. The summed E-state index contributed by atoms with van der Waals surface area (Å²) in [5.41, 5.74) is -0.176. The molecule has 5 heteroatoms. The molecule has 1 aliphatic rings. The van der Waals surface area contributed by atoms with Crippen LogP contribution in [0.3, 0.4) is 0 Å². The molecule has 2 rings (SSSR count). The Morgan fingerprint density at radius 3 is 2.81 bits per heavy atom. The van der Waals surface area contributed by atoms with Gasteiger partial charge in [-0.15, -0.1) is 0 Å². The molecule has 0 radical (unpaired) electrons. The second kappa shape index (κ2) is 6.18. The van der Waals surface area contributed by atoms with Crippen LogP contribution in [0.5, 0.6) is 0 Å². The van der Waals surface area contributed by atoms with Gasteiger partial charge in [0.05, 0.1) is 5.92 Å². The molecule has 1 aromatic rings. The van der Waals surface area contributed by atoms with Gasteiger partial charge in [0.1, 0.15) is 5.82 Å². The highest BCUT2D eigenvalue weighted by molar-refractivity contribution is 5.71. The number of carboxylic acid groups (broad SMARTS) is 1. The number of carboxylic acids is 1. The lowest BCUT2D eigenvalue weighted by molar-refractivity contribution is -0.150. The van der Waals surface area contributed by atoms with Crippen LogP contribution < -0.4 is 5.32 Å². The number of aryl methyl sites for hydroxylation is 1. The lowest BCUT2D eigenvalue weighted by Crippen LogP contribution is -2.51. The predicted molar refractivity (Wildman–Crippen MR) is 82.0 cm³/mol. The quantitative estimate of drug-likeness (QED) is 0.872. The van der Waals surface area contributed by atoms with Crippen molar-refractivity contribution >= 4 is 5.97 Å². The topological polar surface area (TPSA) is 67.2 Å². The average molecular weight is 293 g/mol. The summed E-state index contributed by atoms with van der Waals surface area (Å²) in [6.07, 6.45) is 6.36. The summed E-state index contributed by atoms with van der Waals surface area (Å²) in [4.78, 5) is 15.7. The number of hydrogen-bond acceptors (Lipinski definition) is 3. The number of rotatable bonds is 5. The van der Waals surface area contributed by atoms with Gasteiger partial charge in [0, 0.05) is 38.4 Å². The summed E-state index contributed by atoms with van der Waals surface area (Å²) in [7, 11) is 2.01. The van der Waals surface area contributed by atoms with Gasteiger partial charge in [-0.1, -0.05) is 20.8 Å². The van der Waals surface area contributed by atoms with Crippen LogP contribution in [0.2, 0.25) is 0 Å². The second-order valence-corrected chi connectivity index (χ2v) is 6.84. The SMILES string of the molecule is CC1C(NCCc2nccn2C)CCC(C(=O)O)C1(C)C. The smallest absolute Gasteiger partial charge is 0.307 e. The van der Waals surface area contributed by atoms with E-state index in [2.05, 4.69) is 31.1 Å². The Hall–Kier alpha value is -1.36. The van der Waals surface area contributed by atoms with E-state index in [-0.39, 0.29) is 11.3 Å². The maximum absolute atomic E-state index is 11.4. The van der Waals surface area contributed by atoms with Gasteiger partial charge in [-0.3, -0.25) is 4.79 Å². The Kier molecular flexibility index (Phi) is 4.71. The zero-order chi connectivity index (χ0) is 15.6. The van der Waals surface area contributed by atoms with Crippen molar-refractivity contribution in [2.75, 3.05) is 6.54 Å². The standard InChI is InChI=1S/C16H27N3O2/c1-11-13(6-5-12(15(20)21)16(11,2)3)17-8-7-14-18-9-10-19(14)4/h9-13,17H,5-8H2,1-4H3,(H,20,21). The van der Waals surface area contributed by atoms with Crippen molar-refractivity contribution < 1.29 is 9.90 Å². The maximum atomic E-state index is 11.4. The van der Waals surface area contributed by atoms with Crippen molar-refractivity contribution in [3.63, 3.8) is 0 Å². The Bertz CT molecular complexity index is 495. The minimum Gasteiger partial charge on any atom is -0.481 e. The molecule has 0 amide bonds. The molecule has 1 aromatic heterocycles. The number of carbonyl (C=O) groups is 1. The fourth-order valence-corrected chi connectivity index (χ4v) is 3.53. The lowest BCUT2D eigenvalue weighted by atomic mass is 9.61. The molecule has 0 aliphatic heterocycles. The molecule has 1 heterocycles. The average Bonchev–Trinajstić information content (AvgIpc) is 2.80. The molecule has 0 aromatic carbocycles. The first-order valence-electron chi connectivity index (χ1n) is 7.76. The molecule has 0 bridgehead atoms. The monoisotopic (exact) mass is 293 g/mol. The van der Waals surface area contributed by atoms with Gasteiger partial charge in [0.2, 0.25) is 0 Å². The third-order valence-corrected chi connectivity index (χ3v) is 5.42. The number of aliphatic carboxylic acids is 1. The summed E-state index contributed by atoms with van der Waals surface area (Å²) in [5, 5.41) is 13.0. The van der Waals surface area contributed by atoms with Crippen molar-refractivity contribution in [2.24, 2.45) is 24.3 Å². The second-order valence-electron chi connectivity index (χ2n) is 6.84. The van der Waals surface area contributed by atoms with E-state index in [9.17, 15) is 9.90 Å². The number of aromatic nitrogens is 2. The van der Waals surface area contributed by atoms with Crippen LogP contribution in [-0.4, -0.2) is 33.2 Å². The Morgan fingerprint density at radius 2 is 2.24 bits per heavy atom. The fourth-order valence-electron chi connectivity index (χ4n) is 3.53. The number of hydrogen-bond donors (Lipinski definition) is 2. The van der Waals surface area contributed by atoms with E-state index in [0.29, 0.717) is 12.0 Å². The van der Waals surface area contributed by atoms with Crippen molar-refractivity contribution in [3.8, 4) is 0 Å². The molecule has 1 saturated carbocycles. The van der Waals surface area contributed by atoms with E-state index in [4.69, 9.17) is 0 Å². The third-order valence-electron chi connectivity index (χ3n) is 5.42. The summed E-state index contributed by atoms with van der Waals surface area (Å²) >= 11 is 0. The van der Waals surface area contributed by atoms with E-state index in [1.807, 2.05) is 24.0 Å². The highest BCUT2D eigenvalue weighted by Gasteiger charge is 2.45. The molecule has 0 saturated heterocycles. The number of nitrogens with one attached hydrogen (secondary N) is 1. The Balaban J connectivity index is 1.90. The van der Waals surface area contributed by atoms with Gasteiger partial charge in [-0.05, 0) is 24.2 Å². The first-order valence-corrected chi connectivity index (χ1v) is 7.76. The minimum atomic E-state index is -0.654. The Labute approximate surface area is 126 Å². The largest absolute Gasteiger partial charge is 0.481 e. The van der Waals surface area contributed by atoms with Gasteiger partial charge in [-0.2, -0.15) is 0 Å². The van der Waals surface area contributed by atoms with Gasteiger partial charge in [0.15, 0.2) is 0 Å². The summed E-state index contributed by atoms with van der Waals surface area (Å²) in [5.74, 6) is 0.528. The van der Waals surface area contributed by atoms with E-state index in [0.717, 1.165) is 31.6 Å². The first-order chi connectivity index (χ1) is 9.84. The van der Waals surface area contributed by atoms with Gasteiger partial charge in [0.25, 0.3) is 0 Å². The molecular weight excluding hydrogens is 266 g/mol. The van der Waals surface area contributed by atoms with Gasteiger partial charge < -0.3 is 15.0 Å². The third kappa shape index (κ3) is 3.28. The van der Waals surface area contributed by atoms with E-state index < -0.39 is 5.97 Å². The fraction of sp³-hybridized carbons (Fsp3) is 0.750. The van der Waals surface area contributed by atoms with E-state index in [1.165, 1.54) is 0 Å². The lowest BCUT2D eigenvalue weighted by Gasteiger charge is -2.46. The van der Waals surface area contributed by atoms with E-state index in [1.54, 1.807) is 0 Å². The normalized spacial score (nSPS) is 28.5. The van der Waals surface area contributed by atoms with Crippen molar-refractivity contribution in [2.45, 2.75) is 46.1 Å². The molecule has 3 unspecified atom stereocenters. The maximum Gasteiger partial charge on any atom is 0.307 e. The van der Waals surface area contributed by atoms with Crippen molar-refractivity contribution in [1.29, 1.82) is 0 Å². The highest BCUT2D eigenvalue weighted by atomic mass is 16.4. The summed E-state index contributed by atoms with van der Waals surface area (Å²) < 4.78 is 2.04. The van der Waals surface area contributed by atoms with Crippen LogP contribution in [0.4, 0.5) is 0 Å². The zero-order valence-corrected chi connectivity index (χ0v) is 13.5. The number of nitrogens with zero attached hydrogens (tertiary/aromatic N) is 2. The van der Waals surface area contributed by atoms with Crippen molar-refractivity contribution in [3.05, 3.63) is 18.2 Å². The number of imidazole rings is 1. The van der Waals surface area contributed by atoms with E-state index >= 15 is 0 Å². The Morgan fingerprint density at radius 1 is 1.52 bits per heavy atom. The first kappa shape index (κ1) is 16.0. The molecule has 0 spiro atoms. The van der Waals surface area contributed by atoms with Crippen LogP contribution in [-0.2, 0) is 18.3 Å². The minimum absolute atomic E-state index is 0.176. The molecule has 5 nitrogen and oxygen atoms in total. The zero-order valence-electron chi connectivity index (χ0n) is 13.5. The van der Waals surface area contributed by atoms with Crippen LogP contribution in [0, 0.1) is 17.3 Å². The van der Waals surface area contributed by atoms with Crippen LogP contribution in [0.15, 0.2) is 12.4 Å². The molecule has 1 aliphatic carbocycles. The summed E-state index contributed by atoms with van der Waals surface area (Å²) in [6, 6.07) is 0.385. The predicted octanol–water partition coefficient (Wildman–Crippen LogP) is 2.08. The van der Waals surface area contributed by atoms with Crippen LogP contribution in [0.1, 0.15) is 39.4 Å². The van der Waals surface area contributed by atoms with Gasteiger partial charge in [-0.25, -0.2) is 4.98 Å². The molecule has 118 valence electrons. The molecule has 21 heavy (non-hydrogen) atoms. The van der Waals surface area contributed by atoms with Crippen molar-refractivity contribution in [1.82, 2.24) is 14.9 Å². The molecule has 2 N–H and O–H groups in total. The summed E-state index contributed by atoms with van der Waals surface area (Å²) in [6.45, 7) is 7.23. The molecule has 3 atom stereocenters. The molecule has 1 fully saturated rings. The van der Waals surface area contributed by atoms with Crippen LogP contribution in [0.25, 0.3) is 0 Å². The van der Waals surface area contributed by atoms with Crippen LogP contribution >= 0.6 is 0 Å². The van der Waals surface area contributed by atoms with Gasteiger partial charge >= 0.3 is 5.97 Å².